The number of hydrogen-bond donors (Lipinski definition) is 1. The monoisotopic (exact) mass is 283 g/mol. The fourth-order valence-corrected chi connectivity index (χ4v) is 3.21. The molecule has 0 aromatic heterocycles. The Labute approximate surface area is 113 Å². The average molecular weight is 283 g/mol. The zero-order valence-corrected chi connectivity index (χ0v) is 11.7. The first-order valence-electron chi connectivity index (χ1n) is 5.89. The summed E-state index contributed by atoms with van der Waals surface area (Å²) in [6.45, 7) is 0.574. The van der Waals surface area contributed by atoms with Crippen LogP contribution in [0.1, 0.15) is 5.56 Å². The Morgan fingerprint density at radius 3 is 2.58 bits per heavy atom. The lowest BCUT2D eigenvalue weighted by Gasteiger charge is -2.12. The summed E-state index contributed by atoms with van der Waals surface area (Å²) in [6.07, 6.45) is 1.68. The summed E-state index contributed by atoms with van der Waals surface area (Å²) in [5, 5.41) is 4.44. The third kappa shape index (κ3) is 3.48. The Morgan fingerprint density at radius 1 is 1.26 bits per heavy atom. The molecule has 1 N–H and O–H groups in total. The number of hydrogen-bond acceptors (Lipinski definition) is 5. The van der Waals surface area contributed by atoms with Crippen LogP contribution in [0.2, 0.25) is 0 Å². The van der Waals surface area contributed by atoms with Crippen LogP contribution in [0, 0.1) is 0 Å². The van der Waals surface area contributed by atoms with E-state index in [4.69, 9.17) is 9.47 Å². The number of nitrogens with one attached hydrogen (secondary N) is 1. The van der Waals surface area contributed by atoms with Crippen LogP contribution in [0.3, 0.4) is 0 Å². The summed E-state index contributed by atoms with van der Waals surface area (Å²) >= 11 is 0. The Morgan fingerprint density at radius 2 is 2.00 bits per heavy atom. The second-order valence-electron chi connectivity index (χ2n) is 4.33. The lowest BCUT2D eigenvalue weighted by Crippen LogP contribution is -2.29. The molecule has 5 nitrogen and oxygen atoms in total. The van der Waals surface area contributed by atoms with Crippen LogP contribution in [0.4, 0.5) is 0 Å². The van der Waals surface area contributed by atoms with Crippen molar-refractivity contribution in [2.45, 2.75) is 12.6 Å². The van der Waals surface area contributed by atoms with Crippen molar-refractivity contribution in [3.05, 3.63) is 35.2 Å². The first kappa shape index (κ1) is 13.9. The lowest BCUT2D eigenvalue weighted by molar-refractivity contribution is 0.354. The van der Waals surface area contributed by atoms with E-state index in [1.165, 1.54) is 5.41 Å². The highest BCUT2D eigenvalue weighted by Gasteiger charge is 2.20. The van der Waals surface area contributed by atoms with Crippen molar-refractivity contribution >= 4 is 9.84 Å². The van der Waals surface area contributed by atoms with Crippen LogP contribution in [0.5, 0.6) is 11.5 Å². The highest BCUT2D eigenvalue weighted by atomic mass is 32.2. The Kier molecular flexibility index (Phi) is 4.11. The lowest BCUT2D eigenvalue weighted by atomic mass is 10.2. The van der Waals surface area contributed by atoms with E-state index in [2.05, 4.69) is 5.32 Å². The first-order chi connectivity index (χ1) is 9.04. The zero-order valence-electron chi connectivity index (χ0n) is 10.9. The fraction of sp³-hybridized carbons (Fsp3) is 0.385. The smallest absolute Gasteiger partial charge is 0.173 e. The second-order valence-corrected chi connectivity index (χ2v) is 6.27. The number of benzene rings is 1. The minimum atomic E-state index is -3.01. The van der Waals surface area contributed by atoms with E-state index in [0.717, 1.165) is 5.56 Å². The quantitative estimate of drug-likeness (QED) is 0.877. The Balaban J connectivity index is 1.99. The van der Waals surface area contributed by atoms with Gasteiger partial charge >= 0.3 is 0 Å². The summed E-state index contributed by atoms with van der Waals surface area (Å²) in [5.74, 6) is 1.46. The number of sulfone groups is 1. The summed E-state index contributed by atoms with van der Waals surface area (Å²) in [5.41, 5.74) is 1.01. The summed E-state index contributed by atoms with van der Waals surface area (Å²) in [7, 11) is 0.161. The van der Waals surface area contributed by atoms with Crippen molar-refractivity contribution in [1.29, 1.82) is 0 Å². The molecule has 1 aliphatic heterocycles. The van der Waals surface area contributed by atoms with Gasteiger partial charge in [-0.15, -0.1) is 0 Å². The van der Waals surface area contributed by atoms with Crippen molar-refractivity contribution in [3.63, 3.8) is 0 Å². The molecule has 6 heteroatoms. The van der Waals surface area contributed by atoms with Gasteiger partial charge in [0.1, 0.15) is 0 Å². The molecule has 0 bridgehead atoms. The molecule has 19 heavy (non-hydrogen) atoms. The molecule has 1 unspecified atom stereocenters. The van der Waals surface area contributed by atoms with Crippen LogP contribution in [-0.4, -0.2) is 34.4 Å². The predicted molar refractivity (Wildman–Crippen MR) is 73.1 cm³/mol. The molecule has 0 radical (unpaired) electrons. The van der Waals surface area contributed by atoms with Crippen LogP contribution in [0.15, 0.2) is 29.7 Å². The van der Waals surface area contributed by atoms with Gasteiger partial charge in [-0.1, -0.05) is 12.1 Å². The van der Waals surface area contributed by atoms with Crippen LogP contribution in [-0.2, 0) is 16.4 Å². The van der Waals surface area contributed by atoms with Crippen molar-refractivity contribution in [3.8, 4) is 11.5 Å². The van der Waals surface area contributed by atoms with Crippen molar-refractivity contribution in [1.82, 2.24) is 5.32 Å². The largest absolute Gasteiger partial charge is 0.493 e. The van der Waals surface area contributed by atoms with Crippen LogP contribution >= 0.6 is 0 Å². The zero-order chi connectivity index (χ0) is 13.9. The molecule has 1 heterocycles. The molecule has 0 amide bonds. The Hall–Kier alpha value is -1.53. The van der Waals surface area contributed by atoms with Crippen molar-refractivity contribution in [2.24, 2.45) is 0 Å². The highest BCUT2D eigenvalue weighted by Crippen LogP contribution is 2.27. The van der Waals surface area contributed by atoms with E-state index < -0.39 is 9.84 Å². The second kappa shape index (κ2) is 5.63. The summed E-state index contributed by atoms with van der Waals surface area (Å²) in [6, 6.07) is 5.50. The normalized spacial score (nSPS) is 20.4. The number of rotatable bonds is 5. The molecule has 1 aromatic rings. The van der Waals surface area contributed by atoms with Crippen molar-refractivity contribution in [2.75, 3.05) is 20.0 Å². The standard InChI is InChI=1S/C13H17NO4S/c1-17-12-4-3-10(7-13(12)18-2)8-14-11-5-6-19(15,16)9-11/h3-7,11,14H,8-9H2,1-2H3. The third-order valence-corrected chi connectivity index (χ3v) is 4.34. The fourth-order valence-electron chi connectivity index (χ4n) is 1.94. The molecule has 0 aliphatic carbocycles. The van der Waals surface area contributed by atoms with Crippen LogP contribution < -0.4 is 14.8 Å². The van der Waals surface area contributed by atoms with Gasteiger partial charge in [-0.25, -0.2) is 8.42 Å². The molecule has 1 atom stereocenters. The third-order valence-electron chi connectivity index (χ3n) is 2.95. The average Bonchev–Trinajstić information content (AvgIpc) is 2.75. The van der Waals surface area contributed by atoms with E-state index in [1.807, 2.05) is 18.2 Å². The van der Waals surface area contributed by atoms with E-state index in [9.17, 15) is 8.42 Å². The van der Waals surface area contributed by atoms with Gasteiger partial charge in [-0.2, -0.15) is 0 Å². The topological polar surface area (TPSA) is 64.6 Å². The number of ether oxygens (including phenoxy) is 2. The van der Waals surface area contributed by atoms with E-state index in [1.54, 1.807) is 20.3 Å². The summed E-state index contributed by atoms with van der Waals surface area (Å²) < 4.78 is 32.9. The maximum atomic E-state index is 11.3. The van der Waals surface area contributed by atoms with E-state index in [0.29, 0.717) is 18.0 Å². The summed E-state index contributed by atoms with van der Waals surface area (Å²) in [4.78, 5) is 0. The SMILES string of the molecule is COc1ccc(CNC2C=CS(=O)(=O)C2)cc1OC. The molecular weight excluding hydrogens is 266 g/mol. The van der Waals surface area contributed by atoms with E-state index in [-0.39, 0.29) is 11.8 Å². The molecule has 1 aromatic carbocycles. The minimum absolute atomic E-state index is 0.125. The Bertz CT molecular complexity index is 580. The van der Waals surface area contributed by atoms with E-state index >= 15 is 0 Å². The van der Waals surface area contributed by atoms with Gasteiger partial charge in [-0.3, -0.25) is 0 Å². The molecule has 0 saturated carbocycles. The van der Waals surface area contributed by atoms with Gasteiger partial charge in [0.2, 0.25) is 0 Å². The van der Waals surface area contributed by atoms with Gasteiger partial charge < -0.3 is 14.8 Å². The van der Waals surface area contributed by atoms with Crippen molar-refractivity contribution < 1.29 is 17.9 Å². The molecule has 104 valence electrons. The van der Waals surface area contributed by atoms with Gasteiger partial charge in [0.05, 0.1) is 20.0 Å². The van der Waals surface area contributed by atoms with Gasteiger partial charge in [0.25, 0.3) is 0 Å². The van der Waals surface area contributed by atoms with Gasteiger partial charge in [0, 0.05) is 18.0 Å². The molecule has 0 fully saturated rings. The first-order valence-corrected chi connectivity index (χ1v) is 7.61. The molecule has 0 saturated heterocycles. The molecule has 1 aliphatic rings. The molecule has 0 spiro atoms. The number of methoxy groups -OCH3 is 2. The molecular formula is C13H17NO4S. The van der Waals surface area contributed by atoms with Crippen LogP contribution in [0.25, 0.3) is 0 Å². The maximum Gasteiger partial charge on any atom is 0.173 e. The van der Waals surface area contributed by atoms with Gasteiger partial charge in [-0.05, 0) is 17.7 Å². The minimum Gasteiger partial charge on any atom is -0.493 e. The highest BCUT2D eigenvalue weighted by molar-refractivity contribution is 7.94. The maximum absolute atomic E-state index is 11.3. The predicted octanol–water partition coefficient (Wildman–Crippen LogP) is 1.10. The molecule has 2 rings (SSSR count). The van der Waals surface area contributed by atoms with Gasteiger partial charge in [0.15, 0.2) is 21.3 Å².